The molecular weight excluding hydrogens is 472 g/mol. The van der Waals surface area contributed by atoms with Crippen LogP contribution in [0.5, 0.6) is 0 Å². The minimum Gasteiger partial charge on any atom is -0.461 e. The Morgan fingerprint density at radius 3 is 2.53 bits per heavy atom. The Labute approximate surface area is 192 Å². The minimum atomic E-state index is -0.825. The molecule has 2 aromatic carbocycles. The lowest BCUT2D eigenvalue weighted by molar-refractivity contribution is -0.123. The van der Waals surface area contributed by atoms with Crippen LogP contribution in [-0.4, -0.2) is 28.5 Å². The van der Waals surface area contributed by atoms with Crippen molar-refractivity contribution in [1.82, 2.24) is 4.90 Å². The fraction of sp³-hybridized carbons (Fsp3) is 0.160. The van der Waals surface area contributed by atoms with E-state index >= 15 is 0 Å². The molecule has 0 bridgehead atoms. The molecule has 0 unspecified atom stereocenters. The van der Waals surface area contributed by atoms with Crippen LogP contribution < -0.4 is 4.90 Å². The number of ketones is 1. The quantitative estimate of drug-likeness (QED) is 0.402. The Morgan fingerprint density at radius 1 is 0.938 bits per heavy atom. The highest BCUT2D eigenvalue weighted by Crippen LogP contribution is 2.53. The molecule has 2 amide bonds. The highest BCUT2D eigenvalue weighted by atomic mass is 79.9. The van der Waals surface area contributed by atoms with E-state index < -0.39 is 23.9 Å². The molecule has 0 aliphatic carbocycles. The smallest absolute Gasteiger partial charge is 0.240 e. The number of carbonyl (C=O) groups is 3. The molecule has 3 aromatic rings. The fourth-order valence-corrected chi connectivity index (χ4v) is 5.68. The Hall–Kier alpha value is -3.45. The van der Waals surface area contributed by atoms with Gasteiger partial charge in [0.25, 0.3) is 0 Å². The molecule has 3 aliphatic heterocycles. The summed E-state index contributed by atoms with van der Waals surface area (Å²) >= 11 is 3.42. The van der Waals surface area contributed by atoms with Gasteiger partial charge in [-0.2, -0.15) is 0 Å². The number of hydrogen-bond donors (Lipinski definition) is 0. The maximum absolute atomic E-state index is 13.7. The van der Waals surface area contributed by atoms with E-state index in [1.165, 1.54) is 11.2 Å². The molecule has 32 heavy (non-hydrogen) atoms. The van der Waals surface area contributed by atoms with Crippen LogP contribution in [0.2, 0.25) is 0 Å². The van der Waals surface area contributed by atoms with Crippen molar-refractivity contribution in [1.29, 1.82) is 0 Å². The highest BCUT2D eigenvalue weighted by molar-refractivity contribution is 9.10. The molecule has 4 atom stereocenters. The third-order valence-electron chi connectivity index (χ3n) is 6.56. The SMILES string of the molecule is O=C(c1ccco1)[C@@H]1[C@@H]2C(=O)N(c3cccc(Br)c3)C(=O)[C@H]2[C@H]2c3ccccc3C=CN12. The Balaban J connectivity index is 1.51. The number of nitrogens with zero attached hydrogens (tertiary/aromatic N) is 2. The van der Waals surface area contributed by atoms with E-state index in [0.29, 0.717) is 5.69 Å². The summed E-state index contributed by atoms with van der Waals surface area (Å²) in [5, 5.41) is 0. The predicted octanol–water partition coefficient (Wildman–Crippen LogP) is 4.44. The van der Waals surface area contributed by atoms with Crippen molar-refractivity contribution in [2.24, 2.45) is 11.8 Å². The molecule has 4 heterocycles. The molecule has 7 heteroatoms. The van der Waals surface area contributed by atoms with Gasteiger partial charge in [-0.25, -0.2) is 4.90 Å². The number of amides is 2. The Morgan fingerprint density at radius 2 is 1.75 bits per heavy atom. The van der Waals surface area contributed by atoms with E-state index in [1.807, 2.05) is 47.5 Å². The Kier molecular flexibility index (Phi) is 4.23. The normalized spacial score (nSPS) is 25.7. The average molecular weight is 489 g/mol. The molecular formula is C25H17BrN2O4. The number of benzene rings is 2. The van der Waals surface area contributed by atoms with Crippen molar-refractivity contribution in [3.63, 3.8) is 0 Å². The maximum Gasteiger partial charge on any atom is 0.240 e. The third-order valence-corrected chi connectivity index (χ3v) is 7.05. The minimum absolute atomic E-state index is 0.183. The molecule has 0 spiro atoms. The first-order valence-electron chi connectivity index (χ1n) is 10.3. The number of halogens is 1. The summed E-state index contributed by atoms with van der Waals surface area (Å²) in [5.41, 5.74) is 2.43. The first kappa shape index (κ1) is 19.3. The van der Waals surface area contributed by atoms with Crippen LogP contribution in [0.3, 0.4) is 0 Å². The van der Waals surface area contributed by atoms with Gasteiger partial charge in [0.15, 0.2) is 5.76 Å². The molecule has 0 saturated carbocycles. The van der Waals surface area contributed by atoms with Gasteiger partial charge in [-0.15, -0.1) is 0 Å². The summed E-state index contributed by atoms with van der Waals surface area (Å²) in [6.07, 6.45) is 5.20. The van der Waals surface area contributed by atoms with Gasteiger partial charge in [-0.05, 0) is 47.5 Å². The van der Waals surface area contributed by atoms with Gasteiger partial charge >= 0.3 is 0 Å². The first-order valence-corrected chi connectivity index (χ1v) is 11.1. The topological polar surface area (TPSA) is 70.8 Å². The number of hydrogen-bond acceptors (Lipinski definition) is 5. The zero-order valence-electron chi connectivity index (χ0n) is 16.7. The number of rotatable bonds is 3. The third kappa shape index (κ3) is 2.61. The summed E-state index contributed by atoms with van der Waals surface area (Å²) in [7, 11) is 0. The van der Waals surface area contributed by atoms with Crippen LogP contribution in [0, 0.1) is 11.8 Å². The zero-order valence-corrected chi connectivity index (χ0v) is 18.3. The van der Waals surface area contributed by atoms with Crippen LogP contribution in [0.25, 0.3) is 6.08 Å². The monoisotopic (exact) mass is 488 g/mol. The van der Waals surface area contributed by atoms with E-state index in [9.17, 15) is 14.4 Å². The molecule has 0 radical (unpaired) electrons. The highest BCUT2D eigenvalue weighted by Gasteiger charge is 2.64. The van der Waals surface area contributed by atoms with E-state index in [0.717, 1.165) is 15.6 Å². The van der Waals surface area contributed by atoms with Gasteiger partial charge < -0.3 is 9.32 Å². The van der Waals surface area contributed by atoms with Gasteiger partial charge in [0.1, 0.15) is 6.04 Å². The number of carbonyl (C=O) groups excluding carboxylic acids is 3. The summed E-state index contributed by atoms with van der Waals surface area (Å²) in [5.74, 6) is -2.23. The number of anilines is 1. The molecule has 158 valence electrons. The number of fused-ring (bicyclic) bond motifs is 5. The Bertz CT molecular complexity index is 1300. The predicted molar refractivity (Wildman–Crippen MR) is 120 cm³/mol. The number of furan rings is 1. The van der Waals surface area contributed by atoms with Gasteiger partial charge in [0.2, 0.25) is 17.6 Å². The molecule has 1 aromatic heterocycles. The second-order valence-electron chi connectivity index (χ2n) is 8.17. The second-order valence-corrected chi connectivity index (χ2v) is 9.08. The summed E-state index contributed by atoms with van der Waals surface area (Å²) in [6.45, 7) is 0. The standard InChI is InChI=1S/C25H17BrN2O4/c26-15-6-3-7-16(13-15)28-24(30)19-20(25(28)31)22(23(29)18-9-4-12-32-18)27-11-10-14-5-1-2-8-17(14)21(19)27/h1-13,19-22H/t19-,20-,21-,22+/m1/s1. The second kappa shape index (κ2) is 7.03. The van der Waals surface area contributed by atoms with E-state index in [2.05, 4.69) is 15.9 Å². The maximum atomic E-state index is 13.7. The van der Waals surface area contributed by atoms with Crippen molar-refractivity contribution in [2.75, 3.05) is 4.90 Å². The van der Waals surface area contributed by atoms with E-state index in [1.54, 1.807) is 30.3 Å². The number of Topliss-reactive ketones (excluding diaryl/α,β-unsaturated/α-hetero) is 1. The van der Waals surface area contributed by atoms with E-state index in [4.69, 9.17) is 4.42 Å². The van der Waals surface area contributed by atoms with Gasteiger partial charge in [-0.3, -0.25) is 14.4 Å². The van der Waals surface area contributed by atoms with Crippen molar-refractivity contribution >= 4 is 45.3 Å². The lowest BCUT2D eigenvalue weighted by Crippen LogP contribution is -2.44. The van der Waals surface area contributed by atoms with Crippen LogP contribution in [0.15, 0.2) is 82.0 Å². The molecule has 3 aliphatic rings. The largest absolute Gasteiger partial charge is 0.461 e. The molecule has 0 N–H and O–H groups in total. The summed E-state index contributed by atoms with van der Waals surface area (Å²) in [4.78, 5) is 44.1. The van der Waals surface area contributed by atoms with Crippen molar-refractivity contribution in [2.45, 2.75) is 12.1 Å². The van der Waals surface area contributed by atoms with Crippen molar-refractivity contribution < 1.29 is 18.8 Å². The lowest BCUT2D eigenvalue weighted by atomic mass is 9.84. The molecule has 2 saturated heterocycles. The van der Waals surface area contributed by atoms with E-state index in [-0.39, 0.29) is 23.4 Å². The number of imide groups is 1. The van der Waals surface area contributed by atoms with Crippen LogP contribution >= 0.6 is 15.9 Å². The zero-order chi connectivity index (χ0) is 22.0. The average Bonchev–Trinajstić information content (AvgIpc) is 3.50. The van der Waals surface area contributed by atoms with Crippen LogP contribution in [0.1, 0.15) is 27.7 Å². The fourth-order valence-electron chi connectivity index (χ4n) is 5.29. The molecule has 2 fully saturated rings. The van der Waals surface area contributed by atoms with Crippen molar-refractivity contribution in [3.05, 3.63) is 94.5 Å². The van der Waals surface area contributed by atoms with Gasteiger partial charge in [0, 0.05) is 10.7 Å². The van der Waals surface area contributed by atoms with Gasteiger partial charge in [-0.1, -0.05) is 46.3 Å². The van der Waals surface area contributed by atoms with Crippen LogP contribution in [0.4, 0.5) is 5.69 Å². The first-order chi connectivity index (χ1) is 15.6. The summed E-state index contributed by atoms with van der Waals surface area (Å²) in [6, 6.07) is 16.9. The van der Waals surface area contributed by atoms with Crippen molar-refractivity contribution in [3.8, 4) is 0 Å². The lowest BCUT2D eigenvalue weighted by Gasteiger charge is -2.35. The van der Waals surface area contributed by atoms with Crippen LogP contribution in [-0.2, 0) is 9.59 Å². The molecule has 6 rings (SSSR count). The molecule has 6 nitrogen and oxygen atoms in total. The van der Waals surface area contributed by atoms with Gasteiger partial charge in [0.05, 0.1) is 29.8 Å². The summed E-state index contributed by atoms with van der Waals surface area (Å²) < 4.78 is 6.15.